The molecule has 0 radical (unpaired) electrons. The van der Waals surface area contributed by atoms with E-state index in [1.807, 2.05) is 0 Å². The minimum atomic E-state index is 0.443. The highest BCUT2D eigenvalue weighted by Gasteiger charge is 1.97. The van der Waals surface area contributed by atoms with Crippen molar-refractivity contribution < 1.29 is 4.74 Å². The van der Waals surface area contributed by atoms with Gasteiger partial charge in [-0.2, -0.15) is 0 Å². The molecule has 1 aromatic rings. The first kappa shape index (κ1) is 10.8. The van der Waals surface area contributed by atoms with Crippen molar-refractivity contribution >= 4 is 5.82 Å². The van der Waals surface area contributed by atoms with Crippen molar-refractivity contribution in [3.63, 3.8) is 0 Å². The summed E-state index contributed by atoms with van der Waals surface area (Å²) >= 11 is 0. The Kier molecular flexibility index (Phi) is 4.16. The van der Waals surface area contributed by atoms with Gasteiger partial charge in [-0.1, -0.05) is 13.8 Å². The fourth-order valence-corrected chi connectivity index (χ4v) is 1.10. The van der Waals surface area contributed by atoms with Crippen LogP contribution in [0.5, 0.6) is 5.88 Å². The Balaban J connectivity index is 2.25. The minimum Gasteiger partial charge on any atom is -0.478 e. The van der Waals surface area contributed by atoms with E-state index >= 15 is 0 Å². The number of nitrogens with two attached hydrogens (primary N) is 1. The van der Waals surface area contributed by atoms with E-state index in [0.29, 0.717) is 24.2 Å². The van der Waals surface area contributed by atoms with Gasteiger partial charge in [-0.3, -0.25) is 0 Å². The maximum absolute atomic E-state index is 5.48. The van der Waals surface area contributed by atoms with Gasteiger partial charge >= 0.3 is 0 Å². The fraction of sp³-hybridized carbons (Fsp3) is 0.600. The lowest BCUT2D eigenvalue weighted by Gasteiger charge is -2.06. The number of nitrogens with zero attached hydrogens (tertiary/aromatic N) is 2. The Morgan fingerprint density at radius 1 is 1.43 bits per heavy atom. The van der Waals surface area contributed by atoms with E-state index in [9.17, 15) is 0 Å². The van der Waals surface area contributed by atoms with Gasteiger partial charge in [0.2, 0.25) is 5.88 Å². The second kappa shape index (κ2) is 5.42. The Labute approximate surface area is 84.5 Å². The van der Waals surface area contributed by atoms with Gasteiger partial charge in [0.05, 0.1) is 6.61 Å². The third-order valence-corrected chi connectivity index (χ3v) is 1.84. The number of ether oxygens (including phenoxy) is 1. The number of hydrogen-bond acceptors (Lipinski definition) is 4. The standard InChI is InChI=1S/C10H17N3O/c1-8(2)4-3-5-14-10-6-9(11)12-7-13-10/h6-8H,3-5H2,1-2H3,(H2,11,12,13). The van der Waals surface area contributed by atoms with Crippen LogP contribution in [0.4, 0.5) is 5.82 Å². The molecule has 1 aromatic heterocycles. The Morgan fingerprint density at radius 3 is 2.86 bits per heavy atom. The molecule has 0 aliphatic heterocycles. The lowest BCUT2D eigenvalue weighted by Crippen LogP contribution is -2.02. The van der Waals surface area contributed by atoms with Crippen LogP contribution in [0.3, 0.4) is 0 Å². The molecule has 0 saturated carbocycles. The van der Waals surface area contributed by atoms with E-state index < -0.39 is 0 Å². The number of nitrogen functional groups attached to an aromatic ring is 1. The largest absolute Gasteiger partial charge is 0.478 e. The molecule has 0 bridgehead atoms. The van der Waals surface area contributed by atoms with Crippen molar-refractivity contribution in [3.8, 4) is 5.88 Å². The number of hydrogen-bond donors (Lipinski definition) is 1. The van der Waals surface area contributed by atoms with Crippen molar-refractivity contribution in [3.05, 3.63) is 12.4 Å². The van der Waals surface area contributed by atoms with Gasteiger partial charge in [-0.05, 0) is 18.8 Å². The van der Waals surface area contributed by atoms with Crippen LogP contribution in [-0.2, 0) is 0 Å². The van der Waals surface area contributed by atoms with E-state index in [1.165, 1.54) is 12.7 Å². The molecule has 4 nitrogen and oxygen atoms in total. The number of anilines is 1. The second-order valence-electron chi connectivity index (χ2n) is 3.67. The molecule has 0 fully saturated rings. The molecule has 0 unspecified atom stereocenters. The minimum absolute atomic E-state index is 0.443. The van der Waals surface area contributed by atoms with E-state index in [-0.39, 0.29) is 0 Å². The topological polar surface area (TPSA) is 61.0 Å². The zero-order valence-corrected chi connectivity index (χ0v) is 8.73. The SMILES string of the molecule is CC(C)CCCOc1cc(N)ncn1. The summed E-state index contributed by atoms with van der Waals surface area (Å²) in [5.41, 5.74) is 5.48. The van der Waals surface area contributed by atoms with E-state index in [2.05, 4.69) is 23.8 Å². The highest BCUT2D eigenvalue weighted by atomic mass is 16.5. The van der Waals surface area contributed by atoms with Crippen LogP contribution in [0.15, 0.2) is 12.4 Å². The summed E-state index contributed by atoms with van der Waals surface area (Å²) in [6.45, 7) is 5.08. The molecule has 0 saturated heterocycles. The second-order valence-corrected chi connectivity index (χ2v) is 3.67. The zero-order valence-electron chi connectivity index (χ0n) is 8.73. The number of rotatable bonds is 5. The van der Waals surface area contributed by atoms with Crippen molar-refractivity contribution in [2.24, 2.45) is 5.92 Å². The monoisotopic (exact) mass is 195 g/mol. The molecule has 2 N–H and O–H groups in total. The molecule has 0 aliphatic carbocycles. The predicted molar refractivity (Wildman–Crippen MR) is 56.0 cm³/mol. The highest BCUT2D eigenvalue weighted by molar-refractivity contribution is 5.30. The van der Waals surface area contributed by atoms with Gasteiger partial charge in [-0.25, -0.2) is 9.97 Å². The van der Waals surface area contributed by atoms with E-state index in [0.717, 1.165) is 6.42 Å². The van der Waals surface area contributed by atoms with Crippen molar-refractivity contribution in [1.29, 1.82) is 0 Å². The Bertz CT molecular complexity index is 276. The average Bonchev–Trinajstić information content (AvgIpc) is 2.12. The maximum atomic E-state index is 5.48. The van der Waals surface area contributed by atoms with Crippen LogP contribution in [-0.4, -0.2) is 16.6 Å². The third-order valence-electron chi connectivity index (χ3n) is 1.84. The predicted octanol–water partition coefficient (Wildman–Crippen LogP) is 1.87. The molecule has 1 rings (SSSR count). The Morgan fingerprint density at radius 2 is 2.21 bits per heavy atom. The molecule has 14 heavy (non-hydrogen) atoms. The summed E-state index contributed by atoms with van der Waals surface area (Å²) in [4.78, 5) is 7.73. The van der Waals surface area contributed by atoms with Crippen LogP contribution in [0, 0.1) is 5.92 Å². The van der Waals surface area contributed by atoms with Crippen LogP contribution < -0.4 is 10.5 Å². The van der Waals surface area contributed by atoms with Crippen molar-refractivity contribution in [2.45, 2.75) is 26.7 Å². The van der Waals surface area contributed by atoms with Gasteiger partial charge < -0.3 is 10.5 Å². The summed E-state index contributed by atoms with van der Waals surface area (Å²) in [5, 5.41) is 0. The van der Waals surface area contributed by atoms with Crippen LogP contribution in [0.25, 0.3) is 0 Å². The fourth-order valence-electron chi connectivity index (χ4n) is 1.10. The lowest BCUT2D eigenvalue weighted by molar-refractivity contribution is 0.287. The van der Waals surface area contributed by atoms with E-state index in [4.69, 9.17) is 10.5 Å². The van der Waals surface area contributed by atoms with Gasteiger partial charge in [0.15, 0.2) is 0 Å². The van der Waals surface area contributed by atoms with Crippen molar-refractivity contribution in [2.75, 3.05) is 12.3 Å². The molecule has 4 heteroatoms. The summed E-state index contributed by atoms with van der Waals surface area (Å²) in [6.07, 6.45) is 3.62. The third kappa shape index (κ3) is 4.07. The molecule has 0 amide bonds. The summed E-state index contributed by atoms with van der Waals surface area (Å²) in [7, 11) is 0. The van der Waals surface area contributed by atoms with Gasteiger partial charge in [0.1, 0.15) is 12.1 Å². The molecule has 78 valence electrons. The molecular weight excluding hydrogens is 178 g/mol. The molecular formula is C10H17N3O. The van der Waals surface area contributed by atoms with Crippen LogP contribution in [0.1, 0.15) is 26.7 Å². The summed E-state index contributed by atoms with van der Waals surface area (Å²) in [5.74, 6) is 1.72. The number of aromatic nitrogens is 2. The first-order valence-electron chi connectivity index (χ1n) is 4.89. The molecule has 0 atom stereocenters. The summed E-state index contributed by atoms with van der Waals surface area (Å²) in [6, 6.07) is 1.63. The molecule has 0 aromatic carbocycles. The first-order valence-corrected chi connectivity index (χ1v) is 4.89. The molecule has 0 aliphatic rings. The maximum Gasteiger partial charge on any atom is 0.218 e. The van der Waals surface area contributed by atoms with Crippen molar-refractivity contribution in [1.82, 2.24) is 9.97 Å². The van der Waals surface area contributed by atoms with Gasteiger partial charge in [0, 0.05) is 6.07 Å². The van der Waals surface area contributed by atoms with Gasteiger partial charge in [0.25, 0.3) is 0 Å². The Hall–Kier alpha value is -1.32. The molecule has 0 spiro atoms. The van der Waals surface area contributed by atoms with E-state index in [1.54, 1.807) is 6.07 Å². The quantitative estimate of drug-likeness (QED) is 0.729. The van der Waals surface area contributed by atoms with Crippen LogP contribution in [0.2, 0.25) is 0 Å². The lowest BCUT2D eigenvalue weighted by atomic mass is 10.1. The van der Waals surface area contributed by atoms with Gasteiger partial charge in [-0.15, -0.1) is 0 Å². The normalized spacial score (nSPS) is 10.5. The smallest absolute Gasteiger partial charge is 0.218 e. The average molecular weight is 195 g/mol. The van der Waals surface area contributed by atoms with Crippen LogP contribution >= 0.6 is 0 Å². The first-order chi connectivity index (χ1) is 6.68. The highest BCUT2D eigenvalue weighted by Crippen LogP contribution is 2.09. The molecule has 1 heterocycles. The summed E-state index contributed by atoms with van der Waals surface area (Å²) < 4.78 is 5.41. The zero-order chi connectivity index (χ0) is 10.4.